The quantitative estimate of drug-likeness (QED) is 0.254. The molecule has 0 aliphatic carbocycles. The third-order valence-corrected chi connectivity index (χ3v) is 4.55. The molecular formula is C26H35N3O. The van der Waals surface area contributed by atoms with Crippen LogP contribution in [0.3, 0.4) is 0 Å². The van der Waals surface area contributed by atoms with E-state index >= 15 is 0 Å². The van der Waals surface area contributed by atoms with Crippen LogP contribution in [0.5, 0.6) is 5.75 Å². The number of ether oxygens (including phenoxy) is 1. The molecule has 3 rings (SSSR count). The van der Waals surface area contributed by atoms with Crippen LogP contribution in [-0.4, -0.2) is 13.3 Å². The second-order valence-electron chi connectivity index (χ2n) is 6.95. The molecule has 3 aromatic rings. The molecule has 4 N–H and O–H groups in total. The van der Waals surface area contributed by atoms with Gasteiger partial charge in [-0.15, -0.1) is 0 Å². The fourth-order valence-electron chi connectivity index (χ4n) is 2.63. The van der Waals surface area contributed by atoms with Gasteiger partial charge in [0.2, 0.25) is 0 Å². The van der Waals surface area contributed by atoms with Gasteiger partial charge in [-0.1, -0.05) is 61.4 Å². The van der Waals surface area contributed by atoms with Crippen LogP contribution in [0.25, 0.3) is 0 Å². The average Bonchev–Trinajstić information content (AvgIpc) is 2.77. The number of rotatable bonds is 4. The standard InChI is InChI=1S/C11H16N2.C8H10.C7H9NO/c1-3-9-5-6-10(4-2)11(7-9)8-13-12;1-7-3-5-8(2)6-4-7;1-9-7-4-2-6(8)3-5-7/h5-8H,3-4,12H2,1-2H3;3-6H,1-2H3;2-5H,8H2,1H3/b13-8+;;. The van der Waals surface area contributed by atoms with E-state index in [9.17, 15) is 0 Å². The van der Waals surface area contributed by atoms with Crippen molar-refractivity contribution >= 4 is 11.9 Å². The van der Waals surface area contributed by atoms with Gasteiger partial charge in [-0.05, 0) is 73.7 Å². The first-order valence-electron chi connectivity index (χ1n) is 10.2. The molecule has 0 spiro atoms. The molecule has 0 radical (unpaired) electrons. The van der Waals surface area contributed by atoms with Crippen molar-refractivity contribution in [1.29, 1.82) is 0 Å². The first-order valence-corrected chi connectivity index (χ1v) is 10.2. The predicted octanol–water partition coefficient (Wildman–Crippen LogP) is 5.68. The van der Waals surface area contributed by atoms with Gasteiger partial charge in [0.05, 0.1) is 13.3 Å². The van der Waals surface area contributed by atoms with Gasteiger partial charge in [0, 0.05) is 5.69 Å². The van der Waals surface area contributed by atoms with E-state index < -0.39 is 0 Å². The predicted molar refractivity (Wildman–Crippen MR) is 130 cm³/mol. The van der Waals surface area contributed by atoms with Gasteiger partial charge in [0.15, 0.2) is 0 Å². The minimum atomic E-state index is 0.760. The number of nitrogens with two attached hydrogens (primary N) is 2. The van der Waals surface area contributed by atoms with Crippen molar-refractivity contribution in [3.05, 3.63) is 94.5 Å². The number of nitrogen functional groups attached to an aromatic ring is 1. The first kappa shape index (κ1) is 24.8. The Kier molecular flexibility index (Phi) is 11.4. The topological polar surface area (TPSA) is 73.6 Å². The highest BCUT2D eigenvalue weighted by atomic mass is 16.5. The van der Waals surface area contributed by atoms with Crippen molar-refractivity contribution < 1.29 is 4.74 Å². The molecule has 0 saturated carbocycles. The second kappa shape index (κ2) is 13.8. The summed E-state index contributed by atoms with van der Waals surface area (Å²) in [5, 5.41) is 3.56. The lowest BCUT2D eigenvalue weighted by Gasteiger charge is -2.04. The van der Waals surface area contributed by atoms with Gasteiger partial charge in [-0.2, -0.15) is 5.10 Å². The van der Waals surface area contributed by atoms with Gasteiger partial charge in [-0.3, -0.25) is 0 Å². The molecule has 0 fully saturated rings. The summed E-state index contributed by atoms with van der Waals surface area (Å²) < 4.78 is 4.91. The molecule has 0 amide bonds. The summed E-state index contributed by atoms with van der Waals surface area (Å²) in [4.78, 5) is 0. The van der Waals surface area contributed by atoms with Crippen molar-refractivity contribution in [2.45, 2.75) is 40.5 Å². The van der Waals surface area contributed by atoms with Crippen LogP contribution in [0, 0.1) is 13.8 Å². The fourth-order valence-corrected chi connectivity index (χ4v) is 2.63. The van der Waals surface area contributed by atoms with Crippen molar-refractivity contribution in [1.82, 2.24) is 0 Å². The Bertz CT molecular complexity index is 864. The third kappa shape index (κ3) is 9.28. The summed E-state index contributed by atoms with van der Waals surface area (Å²) in [6.45, 7) is 8.47. The first-order chi connectivity index (χ1) is 14.4. The van der Waals surface area contributed by atoms with E-state index in [2.05, 4.69) is 75.3 Å². The second-order valence-corrected chi connectivity index (χ2v) is 6.95. The average molecular weight is 406 g/mol. The number of methoxy groups -OCH3 is 1. The van der Waals surface area contributed by atoms with Crippen LogP contribution in [0.1, 0.15) is 41.7 Å². The molecule has 3 aromatic carbocycles. The Morgan fingerprint density at radius 3 is 1.83 bits per heavy atom. The van der Waals surface area contributed by atoms with Gasteiger partial charge in [0.25, 0.3) is 0 Å². The lowest BCUT2D eigenvalue weighted by molar-refractivity contribution is 0.415. The number of benzene rings is 3. The van der Waals surface area contributed by atoms with E-state index in [4.69, 9.17) is 16.3 Å². The van der Waals surface area contributed by atoms with Crippen LogP contribution >= 0.6 is 0 Å². The van der Waals surface area contributed by atoms with Crippen molar-refractivity contribution in [2.75, 3.05) is 12.8 Å². The largest absolute Gasteiger partial charge is 0.497 e. The Morgan fingerprint density at radius 2 is 1.40 bits per heavy atom. The number of anilines is 1. The molecule has 0 bridgehead atoms. The van der Waals surface area contributed by atoms with E-state index in [-0.39, 0.29) is 0 Å². The molecule has 4 nitrogen and oxygen atoms in total. The van der Waals surface area contributed by atoms with E-state index in [0.29, 0.717) is 0 Å². The number of hydrogen-bond donors (Lipinski definition) is 2. The number of hydrazone groups is 1. The van der Waals surface area contributed by atoms with E-state index in [0.717, 1.165) is 29.8 Å². The molecule has 160 valence electrons. The fraction of sp³-hybridized carbons (Fsp3) is 0.269. The highest BCUT2D eigenvalue weighted by Gasteiger charge is 1.98. The zero-order chi connectivity index (χ0) is 22.4. The summed E-state index contributed by atoms with van der Waals surface area (Å²) in [5.41, 5.74) is 12.6. The smallest absolute Gasteiger partial charge is 0.119 e. The summed E-state index contributed by atoms with van der Waals surface area (Å²) in [6.07, 6.45) is 3.79. The molecule has 0 atom stereocenters. The zero-order valence-electron chi connectivity index (χ0n) is 18.9. The number of hydrogen-bond acceptors (Lipinski definition) is 4. The molecule has 0 aromatic heterocycles. The SMILES string of the molecule is CCc1ccc(CC)c(/C=N/N)c1.COc1ccc(N)cc1.Cc1ccc(C)cc1. The third-order valence-electron chi connectivity index (χ3n) is 4.55. The Balaban J connectivity index is 0.000000234. The summed E-state index contributed by atoms with van der Waals surface area (Å²) in [5.74, 6) is 5.98. The minimum absolute atomic E-state index is 0.760. The van der Waals surface area contributed by atoms with E-state index in [1.54, 1.807) is 25.5 Å². The molecule has 0 saturated heterocycles. The minimum Gasteiger partial charge on any atom is -0.497 e. The van der Waals surface area contributed by atoms with Crippen LogP contribution in [-0.2, 0) is 12.8 Å². The van der Waals surface area contributed by atoms with Crippen molar-refractivity contribution in [3.63, 3.8) is 0 Å². The Labute approximate surface area is 181 Å². The number of aryl methyl sites for hydroxylation is 4. The maximum atomic E-state index is 5.43. The molecule has 0 heterocycles. The molecule has 0 aliphatic heterocycles. The van der Waals surface area contributed by atoms with Crippen LogP contribution in [0.4, 0.5) is 5.69 Å². The van der Waals surface area contributed by atoms with E-state index in [1.165, 1.54) is 22.3 Å². The lowest BCUT2D eigenvalue weighted by Crippen LogP contribution is -1.95. The summed E-state index contributed by atoms with van der Waals surface area (Å²) in [6, 6.07) is 22.2. The Morgan fingerprint density at radius 1 is 0.833 bits per heavy atom. The normalized spacial score (nSPS) is 9.90. The molecule has 0 aliphatic rings. The highest BCUT2D eigenvalue weighted by molar-refractivity contribution is 5.81. The van der Waals surface area contributed by atoms with Gasteiger partial charge >= 0.3 is 0 Å². The molecule has 0 unspecified atom stereocenters. The summed E-state index contributed by atoms with van der Waals surface area (Å²) >= 11 is 0. The monoisotopic (exact) mass is 405 g/mol. The molecule has 4 heteroatoms. The van der Waals surface area contributed by atoms with Gasteiger partial charge < -0.3 is 16.3 Å². The van der Waals surface area contributed by atoms with E-state index in [1.807, 2.05) is 12.1 Å². The van der Waals surface area contributed by atoms with Crippen molar-refractivity contribution in [2.24, 2.45) is 10.9 Å². The lowest BCUT2D eigenvalue weighted by atomic mass is 10.0. The van der Waals surface area contributed by atoms with Gasteiger partial charge in [0.1, 0.15) is 5.75 Å². The van der Waals surface area contributed by atoms with Crippen LogP contribution in [0.15, 0.2) is 71.8 Å². The Hall–Kier alpha value is -3.27. The molecular weight excluding hydrogens is 370 g/mol. The summed E-state index contributed by atoms with van der Waals surface area (Å²) in [7, 11) is 1.63. The van der Waals surface area contributed by atoms with Gasteiger partial charge in [-0.25, -0.2) is 0 Å². The maximum absolute atomic E-state index is 5.43. The number of nitrogens with zero attached hydrogens (tertiary/aromatic N) is 1. The van der Waals surface area contributed by atoms with Crippen LogP contribution < -0.4 is 16.3 Å². The highest BCUT2D eigenvalue weighted by Crippen LogP contribution is 2.12. The van der Waals surface area contributed by atoms with Crippen LogP contribution in [0.2, 0.25) is 0 Å². The van der Waals surface area contributed by atoms with Crippen molar-refractivity contribution in [3.8, 4) is 5.75 Å². The molecule has 30 heavy (non-hydrogen) atoms. The zero-order valence-corrected chi connectivity index (χ0v) is 18.9. The maximum Gasteiger partial charge on any atom is 0.119 e.